The van der Waals surface area contributed by atoms with Crippen molar-refractivity contribution in [3.05, 3.63) is 12.4 Å². The molecule has 1 aromatic heterocycles. The molecule has 0 aliphatic carbocycles. The molecule has 1 aromatic rings. The Morgan fingerprint density at radius 2 is 2.11 bits per heavy atom. The number of anilines is 2. The lowest BCUT2D eigenvalue weighted by molar-refractivity contribution is 0.628. The van der Waals surface area contributed by atoms with E-state index in [0.29, 0.717) is 6.04 Å². The largest absolute Gasteiger partial charge is 0.368 e. The summed E-state index contributed by atoms with van der Waals surface area (Å²) in [5.74, 6) is 1.74. The number of rotatable bonds is 4. The molecule has 0 radical (unpaired) electrons. The number of nitrogens with zero attached hydrogens (tertiary/aromatic N) is 2. The monoisotopic (exact) mass is 249 g/mol. The molecular formula is C13H23N5. The molecule has 0 aromatic carbocycles. The zero-order chi connectivity index (χ0) is 13.0. The van der Waals surface area contributed by atoms with Crippen LogP contribution in [0.15, 0.2) is 12.4 Å². The van der Waals surface area contributed by atoms with Crippen LogP contribution >= 0.6 is 0 Å². The van der Waals surface area contributed by atoms with Gasteiger partial charge in [-0.2, -0.15) is 0 Å². The molecule has 0 saturated carbocycles. The van der Waals surface area contributed by atoms with Gasteiger partial charge in [0.25, 0.3) is 0 Å². The zero-order valence-electron chi connectivity index (χ0n) is 11.5. The van der Waals surface area contributed by atoms with Crippen molar-refractivity contribution in [2.45, 2.75) is 45.2 Å². The minimum atomic E-state index is 0.0125. The maximum absolute atomic E-state index is 4.24. The quantitative estimate of drug-likeness (QED) is 0.760. The maximum atomic E-state index is 4.24. The van der Waals surface area contributed by atoms with Gasteiger partial charge in [0.05, 0.1) is 0 Å². The Hall–Kier alpha value is -1.36. The van der Waals surface area contributed by atoms with Gasteiger partial charge in [-0.3, -0.25) is 0 Å². The molecule has 5 heteroatoms. The third-order valence-electron chi connectivity index (χ3n) is 2.86. The second-order valence-corrected chi connectivity index (χ2v) is 5.84. The molecule has 3 N–H and O–H groups in total. The van der Waals surface area contributed by atoms with Crippen LogP contribution in [0.25, 0.3) is 0 Å². The van der Waals surface area contributed by atoms with E-state index in [4.69, 9.17) is 0 Å². The van der Waals surface area contributed by atoms with Crippen molar-refractivity contribution in [2.24, 2.45) is 0 Å². The minimum absolute atomic E-state index is 0.0125. The van der Waals surface area contributed by atoms with Gasteiger partial charge in [0.1, 0.15) is 18.0 Å². The van der Waals surface area contributed by atoms with Crippen LogP contribution in [0.4, 0.5) is 11.6 Å². The van der Waals surface area contributed by atoms with E-state index in [2.05, 4.69) is 46.7 Å². The molecule has 1 atom stereocenters. The molecular weight excluding hydrogens is 226 g/mol. The van der Waals surface area contributed by atoms with Gasteiger partial charge in [-0.25, -0.2) is 9.97 Å². The van der Waals surface area contributed by atoms with Crippen molar-refractivity contribution >= 4 is 11.6 Å². The lowest BCUT2D eigenvalue weighted by Crippen LogP contribution is -2.30. The van der Waals surface area contributed by atoms with Crippen LogP contribution < -0.4 is 16.0 Å². The lowest BCUT2D eigenvalue weighted by atomic mass is 10.1. The van der Waals surface area contributed by atoms with E-state index < -0.39 is 0 Å². The number of hydrogen-bond acceptors (Lipinski definition) is 5. The van der Waals surface area contributed by atoms with Gasteiger partial charge in [-0.05, 0) is 40.2 Å². The summed E-state index contributed by atoms with van der Waals surface area (Å²) >= 11 is 0. The fraction of sp³-hybridized carbons (Fsp3) is 0.692. The first-order valence-corrected chi connectivity index (χ1v) is 6.60. The minimum Gasteiger partial charge on any atom is -0.368 e. The molecule has 2 heterocycles. The van der Waals surface area contributed by atoms with Gasteiger partial charge in [0.2, 0.25) is 0 Å². The molecule has 18 heavy (non-hydrogen) atoms. The molecule has 0 bridgehead atoms. The maximum Gasteiger partial charge on any atom is 0.131 e. The smallest absolute Gasteiger partial charge is 0.131 e. The predicted molar refractivity (Wildman–Crippen MR) is 74.9 cm³/mol. The normalized spacial score (nSPS) is 19.8. The highest BCUT2D eigenvalue weighted by Gasteiger charge is 2.14. The van der Waals surface area contributed by atoms with Crippen molar-refractivity contribution in [2.75, 3.05) is 23.7 Å². The highest BCUT2D eigenvalue weighted by Crippen LogP contribution is 2.14. The third kappa shape index (κ3) is 4.14. The Kier molecular flexibility index (Phi) is 4.01. The molecule has 0 amide bonds. The van der Waals surface area contributed by atoms with Crippen LogP contribution in [0.5, 0.6) is 0 Å². The van der Waals surface area contributed by atoms with Gasteiger partial charge < -0.3 is 16.0 Å². The van der Waals surface area contributed by atoms with E-state index in [9.17, 15) is 0 Å². The van der Waals surface area contributed by atoms with Crippen LogP contribution in [0.1, 0.15) is 33.6 Å². The Bertz CT molecular complexity index is 379. The highest BCUT2D eigenvalue weighted by atomic mass is 15.1. The lowest BCUT2D eigenvalue weighted by Gasteiger charge is -2.21. The number of hydrogen-bond donors (Lipinski definition) is 3. The van der Waals surface area contributed by atoms with Gasteiger partial charge in [-0.15, -0.1) is 0 Å². The summed E-state index contributed by atoms with van der Waals surface area (Å²) in [6.07, 6.45) is 4.11. The molecule has 0 spiro atoms. The summed E-state index contributed by atoms with van der Waals surface area (Å²) < 4.78 is 0. The summed E-state index contributed by atoms with van der Waals surface area (Å²) in [5, 5.41) is 10.2. The number of aromatic nitrogens is 2. The van der Waals surface area contributed by atoms with Crippen LogP contribution in [-0.2, 0) is 0 Å². The van der Waals surface area contributed by atoms with Crippen molar-refractivity contribution in [3.8, 4) is 0 Å². The highest BCUT2D eigenvalue weighted by molar-refractivity contribution is 5.47. The fourth-order valence-corrected chi connectivity index (χ4v) is 2.07. The van der Waals surface area contributed by atoms with Gasteiger partial charge >= 0.3 is 0 Å². The molecule has 1 saturated heterocycles. The van der Waals surface area contributed by atoms with E-state index >= 15 is 0 Å². The molecule has 1 fully saturated rings. The van der Waals surface area contributed by atoms with E-state index in [-0.39, 0.29) is 5.54 Å². The van der Waals surface area contributed by atoms with E-state index in [0.717, 1.165) is 24.7 Å². The molecule has 1 aliphatic rings. The Morgan fingerprint density at radius 1 is 1.33 bits per heavy atom. The fourth-order valence-electron chi connectivity index (χ4n) is 2.07. The molecule has 2 rings (SSSR count). The molecule has 1 unspecified atom stereocenters. The van der Waals surface area contributed by atoms with Crippen LogP contribution in [0.2, 0.25) is 0 Å². The summed E-state index contributed by atoms with van der Waals surface area (Å²) in [6, 6.07) is 2.53. The third-order valence-corrected chi connectivity index (χ3v) is 2.86. The van der Waals surface area contributed by atoms with Crippen LogP contribution in [0.3, 0.4) is 0 Å². The standard InChI is InChI=1S/C13H23N5/c1-13(2,3)18-12-7-11(16-9-17-12)15-8-10-5-4-6-14-10/h7,9-10,14H,4-6,8H2,1-3H3,(H2,15,16,17,18). The Balaban J connectivity index is 1.90. The van der Waals surface area contributed by atoms with Crippen molar-refractivity contribution in [1.29, 1.82) is 0 Å². The van der Waals surface area contributed by atoms with Crippen LogP contribution in [-0.4, -0.2) is 34.6 Å². The topological polar surface area (TPSA) is 61.9 Å². The van der Waals surface area contributed by atoms with Crippen molar-refractivity contribution < 1.29 is 0 Å². The number of nitrogens with one attached hydrogen (secondary N) is 3. The second kappa shape index (κ2) is 5.52. The average molecular weight is 249 g/mol. The first-order chi connectivity index (χ1) is 8.53. The van der Waals surface area contributed by atoms with Gasteiger partial charge in [-0.1, -0.05) is 0 Å². The predicted octanol–water partition coefficient (Wildman–Crippen LogP) is 1.85. The summed E-state index contributed by atoms with van der Waals surface area (Å²) in [7, 11) is 0. The Labute approximate surface area is 109 Å². The Morgan fingerprint density at radius 3 is 2.78 bits per heavy atom. The molecule has 5 nitrogen and oxygen atoms in total. The SMILES string of the molecule is CC(C)(C)Nc1cc(NCC2CCCN2)ncn1. The zero-order valence-corrected chi connectivity index (χ0v) is 11.5. The molecule has 1 aliphatic heterocycles. The molecule has 100 valence electrons. The average Bonchev–Trinajstić information content (AvgIpc) is 2.77. The summed E-state index contributed by atoms with van der Waals surface area (Å²) in [4.78, 5) is 8.47. The first-order valence-electron chi connectivity index (χ1n) is 6.60. The second-order valence-electron chi connectivity index (χ2n) is 5.84. The van der Waals surface area contributed by atoms with Crippen LogP contribution in [0, 0.1) is 0 Å². The summed E-state index contributed by atoms with van der Waals surface area (Å²) in [6.45, 7) is 8.40. The summed E-state index contributed by atoms with van der Waals surface area (Å²) in [5.41, 5.74) is 0.0125. The van der Waals surface area contributed by atoms with E-state index in [1.807, 2.05) is 6.07 Å². The van der Waals surface area contributed by atoms with Gasteiger partial charge in [0, 0.05) is 24.2 Å². The van der Waals surface area contributed by atoms with Crippen molar-refractivity contribution in [1.82, 2.24) is 15.3 Å². The van der Waals surface area contributed by atoms with Crippen molar-refractivity contribution in [3.63, 3.8) is 0 Å². The van der Waals surface area contributed by atoms with E-state index in [1.165, 1.54) is 12.8 Å². The van der Waals surface area contributed by atoms with E-state index in [1.54, 1.807) is 6.33 Å². The first kappa shape index (κ1) is 13.1. The van der Waals surface area contributed by atoms with Gasteiger partial charge in [0.15, 0.2) is 0 Å².